The Bertz CT molecular complexity index is 1200. The van der Waals surface area contributed by atoms with E-state index < -0.39 is 102 Å². The lowest BCUT2D eigenvalue weighted by atomic mass is 9.73. The number of hydrogen-bond acceptors (Lipinski definition) is 15. The predicted molar refractivity (Wildman–Crippen MR) is 190 cm³/mol. The molecule has 15 heteroatoms. The minimum atomic E-state index is -1.97. The van der Waals surface area contributed by atoms with Gasteiger partial charge in [0.15, 0.2) is 12.6 Å². The van der Waals surface area contributed by atoms with Crippen LogP contribution in [0.3, 0.4) is 0 Å². The fourth-order valence-corrected chi connectivity index (χ4v) is 8.61. The normalized spacial score (nSPS) is 49.8. The second-order valence-electron chi connectivity index (χ2n) is 16.6. The highest BCUT2D eigenvalue weighted by Crippen LogP contribution is 2.41. The number of nitrogens with zero attached hydrogens (tertiary/aromatic N) is 2. The summed E-state index contributed by atoms with van der Waals surface area (Å²) >= 11 is 0. The zero-order chi connectivity index (χ0) is 39.7. The third kappa shape index (κ3) is 9.47. The van der Waals surface area contributed by atoms with Crippen LogP contribution >= 0.6 is 0 Å². The minimum absolute atomic E-state index is 0.0657. The van der Waals surface area contributed by atoms with E-state index in [-0.39, 0.29) is 37.1 Å². The van der Waals surface area contributed by atoms with E-state index in [4.69, 9.17) is 28.4 Å². The molecule has 18 atom stereocenters. The third-order valence-electron chi connectivity index (χ3n) is 12.0. The molecule has 0 unspecified atom stereocenters. The van der Waals surface area contributed by atoms with Crippen LogP contribution in [-0.4, -0.2) is 153 Å². The molecule has 0 aliphatic carbocycles. The Morgan fingerprint density at radius 3 is 2.08 bits per heavy atom. The van der Waals surface area contributed by atoms with Crippen molar-refractivity contribution in [3.05, 3.63) is 0 Å². The number of carbonyl (C=O) groups is 1. The van der Waals surface area contributed by atoms with Crippen molar-refractivity contribution in [3.63, 3.8) is 0 Å². The molecule has 3 aliphatic rings. The summed E-state index contributed by atoms with van der Waals surface area (Å²) in [5, 5.41) is 71.8. The maximum Gasteiger partial charge on any atom is 0.311 e. The molecule has 52 heavy (non-hydrogen) atoms. The summed E-state index contributed by atoms with van der Waals surface area (Å²) in [4.78, 5) is 16.0. The maximum absolute atomic E-state index is 14.1. The van der Waals surface area contributed by atoms with E-state index in [0.717, 1.165) is 0 Å². The summed E-state index contributed by atoms with van der Waals surface area (Å²) in [7, 11) is 5.19. The molecule has 0 aromatic rings. The molecule has 0 radical (unpaired) electrons. The van der Waals surface area contributed by atoms with Gasteiger partial charge in [0, 0.05) is 37.3 Å². The first-order valence-corrected chi connectivity index (χ1v) is 18.7. The molecule has 6 N–H and O–H groups in total. The molecule has 0 amide bonds. The lowest BCUT2D eigenvalue weighted by molar-refractivity contribution is -0.317. The highest BCUT2D eigenvalue weighted by molar-refractivity contribution is 5.88. The van der Waals surface area contributed by atoms with Crippen LogP contribution in [0.15, 0.2) is 5.16 Å². The Balaban J connectivity index is 2.21. The molecule has 0 aromatic carbocycles. The molecule has 3 saturated heterocycles. The fourth-order valence-electron chi connectivity index (χ4n) is 8.61. The average Bonchev–Trinajstić information content (AvgIpc) is 3.06. The van der Waals surface area contributed by atoms with Crippen LogP contribution in [0.4, 0.5) is 0 Å². The first-order valence-electron chi connectivity index (χ1n) is 18.7. The van der Waals surface area contributed by atoms with Gasteiger partial charge in [-0.2, -0.15) is 0 Å². The van der Waals surface area contributed by atoms with Crippen LogP contribution in [0, 0.1) is 23.7 Å². The van der Waals surface area contributed by atoms with Gasteiger partial charge in [0.1, 0.15) is 23.9 Å². The predicted octanol–water partition coefficient (Wildman–Crippen LogP) is 2.05. The molecule has 3 aliphatic heterocycles. The van der Waals surface area contributed by atoms with E-state index >= 15 is 0 Å². The first-order chi connectivity index (χ1) is 24.0. The van der Waals surface area contributed by atoms with E-state index in [0.29, 0.717) is 6.42 Å². The van der Waals surface area contributed by atoms with Crippen molar-refractivity contribution in [2.75, 3.05) is 21.2 Å². The molecule has 3 heterocycles. The number of esters is 1. The van der Waals surface area contributed by atoms with Gasteiger partial charge in [0.05, 0.1) is 53.4 Å². The molecule has 0 bridgehead atoms. The SMILES string of the molecule is CC[C@@H]1OC(=O)[C@H](C)[C@H](O[C@H]2C[C@@](C)(OC)[C@@H](O)[C@H](C)O2)[C@H](C)[C@@H](O[C@@H]2O[C@H](C)C[C@H](N(C)C)[C@H]2O)[C@](C)(O)C[C@@H](C)C(=NO)[C@@H](C)[C@@H](O)[C@]1(C)O. The second kappa shape index (κ2) is 17.5. The van der Waals surface area contributed by atoms with E-state index in [1.54, 1.807) is 55.4 Å². The molecule has 0 spiro atoms. The summed E-state index contributed by atoms with van der Waals surface area (Å²) in [6, 6.07) is -0.322. The number of oxime groups is 1. The number of aliphatic hydroxyl groups is 5. The van der Waals surface area contributed by atoms with Crippen LogP contribution in [0.2, 0.25) is 0 Å². The molecular formula is C37H68N2O13. The molecule has 3 rings (SSSR count). The van der Waals surface area contributed by atoms with Crippen LogP contribution in [0.1, 0.15) is 94.9 Å². The van der Waals surface area contributed by atoms with E-state index in [1.165, 1.54) is 14.0 Å². The Morgan fingerprint density at radius 2 is 1.54 bits per heavy atom. The number of cyclic esters (lactones) is 1. The Labute approximate surface area is 309 Å². The maximum atomic E-state index is 14.1. The van der Waals surface area contributed by atoms with Gasteiger partial charge >= 0.3 is 5.97 Å². The largest absolute Gasteiger partial charge is 0.459 e. The van der Waals surface area contributed by atoms with Gasteiger partial charge in [0.2, 0.25) is 0 Å². The van der Waals surface area contributed by atoms with Gasteiger partial charge in [-0.1, -0.05) is 32.9 Å². The summed E-state index contributed by atoms with van der Waals surface area (Å²) in [5.41, 5.74) is -4.68. The molecular weight excluding hydrogens is 680 g/mol. The van der Waals surface area contributed by atoms with E-state index in [1.807, 2.05) is 25.9 Å². The fraction of sp³-hybridized carbons (Fsp3) is 0.946. The third-order valence-corrected chi connectivity index (χ3v) is 12.0. The van der Waals surface area contributed by atoms with Crippen molar-refractivity contribution < 1.29 is 64.0 Å². The Kier molecular flexibility index (Phi) is 15.1. The zero-order valence-corrected chi connectivity index (χ0v) is 33.4. The molecule has 15 nitrogen and oxygen atoms in total. The highest BCUT2D eigenvalue weighted by Gasteiger charge is 2.53. The highest BCUT2D eigenvalue weighted by atomic mass is 16.7. The number of likely N-dealkylation sites (N-methyl/N-ethyl adjacent to an activating group) is 1. The number of rotatable bonds is 7. The average molecular weight is 749 g/mol. The summed E-state index contributed by atoms with van der Waals surface area (Å²) in [6.45, 7) is 16.6. The number of carbonyl (C=O) groups excluding carboxylic acids is 1. The van der Waals surface area contributed by atoms with Crippen molar-refractivity contribution in [1.29, 1.82) is 0 Å². The smallest absolute Gasteiger partial charge is 0.311 e. The Hall–Kier alpha value is -1.50. The zero-order valence-electron chi connectivity index (χ0n) is 33.4. The number of methoxy groups -OCH3 is 1. The van der Waals surface area contributed by atoms with E-state index in [2.05, 4.69) is 5.16 Å². The van der Waals surface area contributed by atoms with Gasteiger partial charge in [-0.3, -0.25) is 4.79 Å². The monoisotopic (exact) mass is 748 g/mol. The number of hydrogen-bond donors (Lipinski definition) is 6. The van der Waals surface area contributed by atoms with Crippen molar-refractivity contribution in [2.45, 2.75) is 179 Å². The Morgan fingerprint density at radius 1 is 0.923 bits per heavy atom. The van der Waals surface area contributed by atoms with Gasteiger partial charge in [-0.15, -0.1) is 0 Å². The number of aliphatic hydroxyl groups excluding tert-OH is 3. The molecule has 0 aromatic heterocycles. The lowest BCUT2D eigenvalue weighted by Crippen LogP contribution is -2.61. The van der Waals surface area contributed by atoms with Crippen LogP contribution in [-0.2, 0) is 33.2 Å². The van der Waals surface area contributed by atoms with Gasteiger partial charge in [-0.05, 0) is 74.9 Å². The first kappa shape index (κ1) is 44.9. The standard InChI is InChI=1S/C37H68N2O13/c1-14-25-37(10,45)30(41)20(4)27(38-46)18(2)16-35(8,44)32(52-34-28(40)24(39(11)12)15-19(3)48-34)21(5)29(22(6)33(43)50-25)51-26-17-36(9,47-13)31(42)23(7)49-26/h18-26,28-32,34,40-42,44-46H,14-17H2,1-13H3/t18-,19-,20-,21+,22-,23+,24+,25+,26+,28-,29-,30-,31+,32-,34+,35-,36-,37-/m1/s1. The van der Waals surface area contributed by atoms with Crippen molar-refractivity contribution in [1.82, 2.24) is 4.90 Å². The van der Waals surface area contributed by atoms with Crippen molar-refractivity contribution in [3.8, 4) is 0 Å². The van der Waals surface area contributed by atoms with Crippen LogP contribution in [0.25, 0.3) is 0 Å². The van der Waals surface area contributed by atoms with Crippen LogP contribution in [0.5, 0.6) is 0 Å². The summed E-state index contributed by atoms with van der Waals surface area (Å²) in [6.07, 6.45) is -9.51. The topological polar surface area (TPSA) is 209 Å². The van der Waals surface area contributed by atoms with Gasteiger partial charge in [-0.25, -0.2) is 0 Å². The van der Waals surface area contributed by atoms with Crippen molar-refractivity contribution in [2.24, 2.45) is 28.8 Å². The van der Waals surface area contributed by atoms with Gasteiger partial charge < -0.3 is 64.1 Å². The quantitative estimate of drug-likeness (QED) is 0.125. The molecule has 0 saturated carbocycles. The molecule has 304 valence electrons. The summed E-state index contributed by atoms with van der Waals surface area (Å²) in [5.74, 6) is -4.24. The lowest BCUT2D eigenvalue weighted by Gasteiger charge is -2.49. The van der Waals surface area contributed by atoms with E-state index in [9.17, 15) is 35.5 Å². The molecule has 3 fully saturated rings. The minimum Gasteiger partial charge on any atom is -0.459 e. The van der Waals surface area contributed by atoms with Crippen molar-refractivity contribution >= 4 is 11.7 Å². The van der Waals surface area contributed by atoms with Gasteiger partial charge in [0.25, 0.3) is 0 Å². The van der Waals surface area contributed by atoms with Crippen LogP contribution < -0.4 is 0 Å². The second-order valence-corrected chi connectivity index (χ2v) is 16.6. The summed E-state index contributed by atoms with van der Waals surface area (Å²) < 4.78 is 37.2. The number of ether oxygens (including phenoxy) is 6.